The van der Waals surface area contributed by atoms with Gasteiger partial charge in [0.1, 0.15) is 34.4 Å². The van der Waals surface area contributed by atoms with Gasteiger partial charge in [0.05, 0.1) is 35.5 Å². The molecule has 2 aliphatic heterocycles. The van der Waals surface area contributed by atoms with Crippen LogP contribution in [0.5, 0.6) is 11.5 Å². The van der Waals surface area contributed by atoms with Gasteiger partial charge in [0.15, 0.2) is 22.3 Å². The summed E-state index contributed by atoms with van der Waals surface area (Å²) in [5.41, 5.74) is -1.45. The number of halogens is 1. The van der Waals surface area contributed by atoms with Crippen LogP contribution in [0.15, 0.2) is 63.6 Å². The lowest BCUT2D eigenvalue weighted by atomic mass is 9.78. The number of ether oxygens (including phenoxy) is 4. The molecule has 1 amide bonds. The lowest BCUT2D eigenvalue weighted by Crippen LogP contribution is -2.46. The number of amides is 1. The minimum Gasteiger partial charge on any atom is -0.505 e. The van der Waals surface area contributed by atoms with Crippen LogP contribution in [0, 0.1) is 36.4 Å². The number of nitrogens with one attached hydrogen (secondary N) is 1. The molecule has 3 aromatic carbocycles. The maximum Gasteiger partial charge on any atom is 0.312 e. The van der Waals surface area contributed by atoms with Crippen LogP contribution in [0.4, 0.5) is 10.1 Å². The van der Waals surface area contributed by atoms with Gasteiger partial charge >= 0.3 is 11.8 Å². The molecule has 4 bridgehead atoms. The predicted molar refractivity (Wildman–Crippen MR) is 212 cm³/mol. The summed E-state index contributed by atoms with van der Waals surface area (Å²) in [6.07, 6.45) is 3.38. The topological polar surface area (TPSA) is 204 Å². The Balaban J connectivity index is 1.59. The normalized spacial score (nSPS) is 30.4. The number of phenolic OH excluding ortho intramolecular Hbond substituents is 1. The van der Waals surface area contributed by atoms with E-state index < -0.39 is 88.5 Å². The van der Waals surface area contributed by atoms with Crippen molar-refractivity contribution in [1.82, 2.24) is 4.98 Å². The van der Waals surface area contributed by atoms with E-state index in [-0.39, 0.29) is 61.1 Å². The van der Waals surface area contributed by atoms with E-state index in [4.69, 9.17) is 23.4 Å². The second-order valence-corrected chi connectivity index (χ2v) is 15.3. The number of methoxy groups -OCH3 is 1. The average Bonchev–Trinajstić information content (AvgIpc) is 3.45. The monoisotopic (exact) mass is 802 g/mol. The van der Waals surface area contributed by atoms with Crippen molar-refractivity contribution in [3.63, 3.8) is 0 Å². The molecule has 0 fully saturated rings. The molecule has 0 radical (unpaired) electrons. The van der Waals surface area contributed by atoms with Crippen molar-refractivity contribution in [1.29, 1.82) is 0 Å². The maximum absolute atomic E-state index is 14.5. The Labute approximate surface area is 332 Å². The smallest absolute Gasteiger partial charge is 0.312 e. The molecule has 14 nitrogen and oxygen atoms in total. The Kier molecular flexibility index (Phi) is 11.5. The van der Waals surface area contributed by atoms with Crippen LogP contribution in [0.25, 0.3) is 33.0 Å². The number of ketones is 1. The number of anilines is 1. The lowest BCUT2D eigenvalue weighted by molar-refractivity contribution is -0.160. The van der Waals surface area contributed by atoms with Gasteiger partial charge in [-0.3, -0.25) is 19.2 Å². The average molecular weight is 803 g/mol. The Morgan fingerprint density at radius 1 is 1.00 bits per heavy atom. The summed E-state index contributed by atoms with van der Waals surface area (Å²) in [7, 11) is 1.42. The number of fused-ring (bicyclic) bond motifs is 2. The highest BCUT2D eigenvalue weighted by atomic mass is 19.1. The number of carbonyl (C=O) groups excluding carboxylic acids is 3. The molecule has 4 aromatic rings. The maximum atomic E-state index is 14.5. The number of allylic oxidation sites excluding steroid dienone is 2. The third-order valence-corrected chi connectivity index (χ3v) is 11.3. The molecule has 9 atom stereocenters. The minimum absolute atomic E-state index is 0.0451. The number of benzene rings is 3. The minimum atomic E-state index is -2.07. The van der Waals surface area contributed by atoms with Gasteiger partial charge in [-0.05, 0) is 32.1 Å². The number of hydrogen-bond donors (Lipinski definition) is 4. The highest BCUT2D eigenvalue weighted by molar-refractivity contribution is 6.26. The molecular formula is C43H47FN2O12. The van der Waals surface area contributed by atoms with Crippen LogP contribution in [-0.4, -0.2) is 75.3 Å². The number of aromatic hydroxyl groups is 1. The Hall–Kier alpha value is -5.64. The van der Waals surface area contributed by atoms with E-state index in [1.54, 1.807) is 39.8 Å². The van der Waals surface area contributed by atoms with Crippen molar-refractivity contribution in [2.45, 2.75) is 85.6 Å². The van der Waals surface area contributed by atoms with E-state index in [1.165, 1.54) is 59.3 Å². The molecule has 2 aliphatic rings. The fraction of sp³-hybridized carbons (Fsp3) is 0.419. The van der Waals surface area contributed by atoms with Crippen molar-refractivity contribution < 1.29 is 57.5 Å². The molecule has 15 heteroatoms. The number of Topliss-reactive ketones (excluding diaryl/α,β-unsaturated/α-hetero) is 1. The first-order valence-electron chi connectivity index (χ1n) is 18.9. The third kappa shape index (κ3) is 7.33. The van der Waals surface area contributed by atoms with Crippen LogP contribution in [0.3, 0.4) is 0 Å². The number of rotatable bonds is 2. The second kappa shape index (κ2) is 16.0. The quantitative estimate of drug-likeness (QED) is 0.0780. The summed E-state index contributed by atoms with van der Waals surface area (Å²) in [5, 5.41) is 36.8. The molecule has 1 aromatic heterocycles. The number of phenols is 1. The van der Waals surface area contributed by atoms with Gasteiger partial charge in [-0.25, -0.2) is 9.37 Å². The van der Waals surface area contributed by atoms with Crippen molar-refractivity contribution in [3.8, 4) is 11.5 Å². The summed E-state index contributed by atoms with van der Waals surface area (Å²) >= 11 is 0. The first-order chi connectivity index (χ1) is 27.3. The molecule has 0 saturated carbocycles. The van der Waals surface area contributed by atoms with Crippen molar-refractivity contribution in [3.05, 3.63) is 81.5 Å². The van der Waals surface area contributed by atoms with Gasteiger partial charge in [0.2, 0.25) is 0 Å². The van der Waals surface area contributed by atoms with E-state index in [2.05, 4.69) is 10.3 Å². The molecule has 58 heavy (non-hydrogen) atoms. The van der Waals surface area contributed by atoms with Crippen LogP contribution >= 0.6 is 0 Å². The van der Waals surface area contributed by atoms with Gasteiger partial charge in [0, 0.05) is 67.2 Å². The molecule has 0 saturated heterocycles. The second-order valence-electron chi connectivity index (χ2n) is 15.3. The number of esters is 1. The van der Waals surface area contributed by atoms with Crippen LogP contribution in [-0.2, 0) is 23.8 Å². The number of aliphatic hydroxyl groups is 2. The fourth-order valence-corrected chi connectivity index (χ4v) is 7.78. The molecule has 0 spiro atoms. The highest BCUT2D eigenvalue weighted by Crippen LogP contribution is 2.48. The summed E-state index contributed by atoms with van der Waals surface area (Å²) < 4.78 is 44.1. The molecule has 6 rings (SSSR count). The standard InChI is InChI=1S/C43H47FN2O12/c1-18-11-10-12-19(2)42(53)46-33-37(51)30-29(32-40(33)57-28-17-25(44)13-14-26(28)45-32)31-39(23(6)36(30)50)58-43(8,41(31)52)55-16-15-27(54-9)20(3)38(56-24(7)47)22(5)35(49)21(4)34(18)48/h10-18,20-22,27,34-35,38,48-49,51H,1-9H3,(H,46,53)/b11-10+,16-15+,19-12-/t18-,20+,21+,22+,27-,34-,35+,38+,43-/m0/s1. The van der Waals surface area contributed by atoms with E-state index in [0.717, 1.165) is 12.1 Å². The highest BCUT2D eigenvalue weighted by Gasteiger charge is 2.49. The molecule has 3 heterocycles. The van der Waals surface area contributed by atoms with Gasteiger partial charge < -0.3 is 44.0 Å². The van der Waals surface area contributed by atoms with Crippen LogP contribution < -0.4 is 15.5 Å². The largest absolute Gasteiger partial charge is 0.505 e. The summed E-state index contributed by atoms with van der Waals surface area (Å²) in [4.78, 5) is 59.3. The van der Waals surface area contributed by atoms with Gasteiger partial charge in [-0.2, -0.15) is 0 Å². The Bertz CT molecular complexity index is 2490. The summed E-state index contributed by atoms with van der Waals surface area (Å²) in [5.74, 6) is -8.21. The number of nitrogens with zero attached hydrogens (tertiary/aromatic N) is 1. The van der Waals surface area contributed by atoms with Gasteiger partial charge in [-0.15, -0.1) is 0 Å². The number of carbonyl (C=O) groups is 3. The van der Waals surface area contributed by atoms with Crippen LogP contribution in [0.2, 0.25) is 0 Å². The fourth-order valence-electron chi connectivity index (χ4n) is 7.78. The number of hydrogen-bond acceptors (Lipinski definition) is 13. The van der Waals surface area contributed by atoms with Gasteiger partial charge in [-0.1, -0.05) is 45.9 Å². The number of aromatic nitrogens is 1. The first-order valence-corrected chi connectivity index (χ1v) is 18.9. The molecule has 308 valence electrons. The van der Waals surface area contributed by atoms with E-state index in [9.17, 15) is 38.9 Å². The van der Waals surface area contributed by atoms with Crippen molar-refractivity contribution in [2.24, 2.45) is 23.7 Å². The molecular weight excluding hydrogens is 755 g/mol. The summed E-state index contributed by atoms with van der Waals surface area (Å²) in [6.45, 7) is 12.3. The Morgan fingerprint density at radius 3 is 2.38 bits per heavy atom. The van der Waals surface area contributed by atoms with E-state index in [0.29, 0.717) is 0 Å². The molecule has 0 unspecified atom stereocenters. The predicted octanol–water partition coefficient (Wildman–Crippen LogP) is 6.14. The molecule has 4 N–H and O–H groups in total. The summed E-state index contributed by atoms with van der Waals surface area (Å²) in [6, 6.07) is 3.55. The van der Waals surface area contributed by atoms with E-state index in [1.807, 2.05) is 0 Å². The lowest BCUT2D eigenvalue weighted by Gasteiger charge is -2.38. The van der Waals surface area contributed by atoms with Gasteiger partial charge in [0.25, 0.3) is 11.7 Å². The Morgan fingerprint density at radius 2 is 1.71 bits per heavy atom. The van der Waals surface area contributed by atoms with E-state index >= 15 is 0 Å². The van der Waals surface area contributed by atoms with Crippen molar-refractivity contribution in [2.75, 3.05) is 12.4 Å². The SMILES string of the molecule is CO[C@H]1/C=C/O[C@@]2(C)Oc3c(C)c(=O)c4c(O)c(c5oc6cc(F)ccc6nc5c4c3C2=O)NC(=O)/C(C)=C\C=C\[C@H](C)[C@H](O)[C@@H](C)[C@@H](O)[C@@H](C)[C@H](OC(C)=O)[C@@H]1C. The third-order valence-electron chi connectivity index (χ3n) is 11.3. The molecule has 0 aliphatic carbocycles. The zero-order valence-electron chi connectivity index (χ0n) is 33.6. The zero-order chi connectivity index (χ0) is 42.5. The van der Waals surface area contributed by atoms with Crippen molar-refractivity contribution >= 4 is 56.3 Å². The van der Waals surface area contributed by atoms with Crippen LogP contribution in [0.1, 0.15) is 64.4 Å². The zero-order valence-corrected chi connectivity index (χ0v) is 33.6. The first kappa shape index (κ1) is 42.0. The number of aliphatic hydroxyl groups excluding tert-OH is 2.